The van der Waals surface area contributed by atoms with Gasteiger partial charge in [0.05, 0.1) is 16.3 Å². The molecule has 0 fully saturated rings. The summed E-state index contributed by atoms with van der Waals surface area (Å²) in [6.45, 7) is 2.89. The first-order valence-electron chi connectivity index (χ1n) is 8.95. The maximum Gasteiger partial charge on any atom is 0.271 e. The van der Waals surface area contributed by atoms with Gasteiger partial charge >= 0.3 is 0 Å². The Morgan fingerprint density at radius 2 is 2.00 bits per heavy atom. The first-order chi connectivity index (χ1) is 13.8. The van der Waals surface area contributed by atoms with Crippen LogP contribution in [0.5, 0.6) is 5.75 Å². The van der Waals surface area contributed by atoms with E-state index in [0.29, 0.717) is 34.7 Å². The van der Waals surface area contributed by atoms with Crippen LogP contribution in [0.2, 0.25) is 0 Å². The molecule has 9 nitrogen and oxygen atoms in total. The number of ether oxygens (including phenoxy) is 1. The van der Waals surface area contributed by atoms with Gasteiger partial charge in [-0.05, 0) is 30.7 Å². The van der Waals surface area contributed by atoms with E-state index in [-0.39, 0.29) is 24.6 Å². The molecule has 0 radical (unpaired) electrons. The minimum absolute atomic E-state index is 0.0950. The molecule has 0 aromatic heterocycles. The molecule has 0 atom stereocenters. The van der Waals surface area contributed by atoms with Crippen molar-refractivity contribution < 1.29 is 24.0 Å². The molecule has 29 heavy (non-hydrogen) atoms. The van der Waals surface area contributed by atoms with Crippen molar-refractivity contribution in [3.63, 3.8) is 0 Å². The molecule has 0 saturated heterocycles. The predicted octanol–water partition coefficient (Wildman–Crippen LogP) is 2.86. The Morgan fingerprint density at radius 3 is 2.69 bits per heavy atom. The number of anilines is 2. The number of carbonyl (C=O) groups is 3. The van der Waals surface area contributed by atoms with Crippen molar-refractivity contribution in [3.8, 4) is 5.75 Å². The molecule has 0 aliphatic carbocycles. The van der Waals surface area contributed by atoms with Crippen LogP contribution in [0.1, 0.15) is 29.3 Å². The smallest absolute Gasteiger partial charge is 0.271 e. The van der Waals surface area contributed by atoms with Gasteiger partial charge in [0.2, 0.25) is 5.91 Å². The van der Waals surface area contributed by atoms with E-state index in [1.807, 2.05) is 0 Å². The second kappa shape index (κ2) is 8.09. The van der Waals surface area contributed by atoms with Gasteiger partial charge in [0.1, 0.15) is 12.3 Å². The Kier molecular flexibility index (Phi) is 5.58. The zero-order chi connectivity index (χ0) is 21.1. The summed E-state index contributed by atoms with van der Waals surface area (Å²) in [5.74, 6) is -0.648. The van der Waals surface area contributed by atoms with Crippen LogP contribution in [0.25, 0.3) is 0 Å². The fourth-order valence-electron chi connectivity index (χ4n) is 2.94. The van der Waals surface area contributed by atoms with Crippen LogP contribution < -0.4 is 15.0 Å². The van der Waals surface area contributed by atoms with Crippen molar-refractivity contribution in [2.24, 2.45) is 0 Å². The van der Waals surface area contributed by atoms with Gasteiger partial charge < -0.3 is 10.1 Å². The van der Waals surface area contributed by atoms with Gasteiger partial charge in [-0.15, -0.1) is 0 Å². The average Bonchev–Trinajstić information content (AvgIpc) is 2.70. The molecule has 9 heteroatoms. The predicted molar refractivity (Wildman–Crippen MR) is 105 cm³/mol. The first kappa shape index (κ1) is 20.0. The monoisotopic (exact) mass is 397 g/mol. The highest BCUT2D eigenvalue weighted by atomic mass is 16.6. The zero-order valence-electron chi connectivity index (χ0n) is 15.9. The number of carbonyl (C=O) groups excluding carboxylic acids is 3. The molecule has 0 spiro atoms. The van der Waals surface area contributed by atoms with Crippen LogP contribution in [-0.2, 0) is 9.59 Å². The molecule has 2 aromatic rings. The standard InChI is InChI=1S/C20H19N3O6/c1-3-17(24)13-5-7-18-16(8-13)22(20(26)11-29-18)10-19(25)21-15-9-14(23(27)28)6-4-12(15)2/h4-9H,3,10-11H2,1-2H3,(H,21,25). The summed E-state index contributed by atoms with van der Waals surface area (Å²) in [6, 6.07) is 8.89. The number of aryl methyl sites for hydroxylation is 1. The number of benzene rings is 2. The van der Waals surface area contributed by atoms with Crippen molar-refractivity contribution in [1.29, 1.82) is 0 Å². The molecule has 0 unspecified atom stereocenters. The Morgan fingerprint density at radius 1 is 1.24 bits per heavy atom. The number of nitro benzene ring substituents is 1. The van der Waals surface area contributed by atoms with Crippen LogP contribution in [0.4, 0.5) is 17.1 Å². The van der Waals surface area contributed by atoms with Crippen LogP contribution in [0, 0.1) is 17.0 Å². The molecule has 150 valence electrons. The lowest BCUT2D eigenvalue weighted by molar-refractivity contribution is -0.384. The Hall–Kier alpha value is -3.75. The number of nitrogens with one attached hydrogen (secondary N) is 1. The van der Waals surface area contributed by atoms with Crippen molar-refractivity contribution >= 4 is 34.7 Å². The highest BCUT2D eigenvalue weighted by molar-refractivity contribution is 6.06. The van der Waals surface area contributed by atoms with Gasteiger partial charge in [0, 0.05) is 24.1 Å². The number of nitro groups is 1. The van der Waals surface area contributed by atoms with Crippen molar-refractivity contribution in [2.75, 3.05) is 23.4 Å². The third kappa shape index (κ3) is 4.23. The lowest BCUT2D eigenvalue weighted by atomic mass is 10.1. The summed E-state index contributed by atoms with van der Waals surface area (Å²) in [4.78, 5) is 48.6. The number of ketones is 1. The molecule has 1 N–H and O–H groups in total. The number of hydrogen-bond donors (Lipinski definition) is 1. The summed E-state index contributed by atoms with van der Waals surface area (Å²) in [7, 11) is 0. The Balaban J connectivity index is 1.84. The number of hydrogen-bond acceptors (Lipinski definition) is 6. The molecule has 1 aliphatic heterocycles. The van der Waals surface area contributed by atoms with Crippen molar-refractivity contribution in [3.05, 3.63) is 57.6 Å². The van der Waals surface area contributed by atoms with E-state index < -0.39 is 16.7 Å². The van der Waals surface area contributed by atoms with E-state index >= 15 is 0 Å². The van der Waals surface area contributed by atoms with Crippen LogP contribution in [0.15, 0.2) is 36.4 Å². The van der Waals surface area contributed by atoms with Crippen LogP contribution in [-0.4, -0.2) is 35.7 Å². The minimum atomic E-state index is -0.552. The van der Waals surface area contributed by atoms with Gasteiger partial charge in [0.15, 0.2) is 12.4 Å². The molecule has 0 bridgehead atoms. The average molecular weight is 397 g/mol. The van der Waals surface area contributed by atoms with E-state index in [1.54, 1.807) is 26.0 Å². The number of non-ortho nitro benzene ring substituents is 1. The molecule has 2 aromatic carbocycles. The number of fused-ring (bicyclic) bond motifs is 1. The second-order valence-corrected chi connectivity index (χ2v) is 6.53. The molecule has 1 aliphatic rings. The molecule has 1 heterocycles. The number of nitrogens with zero attached hydrogens (tertiary/aromatic N) is 2. The van der Waals surface area contributed by atoms with Crippen LogP contribution >= 0.6 is 0 Å². The van der Waals surface area contributed by atoms with E-state index in [0.717, 1.165) is 0 Å². The maximum absolute atomic E-state index is 12.6. The number of Topliss-reactive ketones (excluding diaryl/α,β-unsaturated/α-hetero) is 1. The minimum Gasteiger partial charge on any atom is -0.482 e. The fourth-order valence-corrected chi connectivity index (χ4v) is 2.94. The van der Waals surface area contributed by atoms with E-state index in [9.17, 15) is 24.5 Å². The normalized spacial score (nSPS) is 12.8. The van der Waals surface area contributed by atoms with Gasteiger partial charge in [0.25, 0.3) is 11.6 Å². The summed E-state index contributed by atoms with van der Waals surface area (Å²) in [6.07, 6.45) is 0.306. The topological polar surface area (TPSA) is 119 Å². The number of amides is 2. The second-order valence-electron chi connectivity index (χ2n) is 6.53. The summed E-state index contributed by atoms with van der Waals surface area (Å²) in [5.41, 5.74) is 1.55. The Labute approximate surface area is 166 Å². The molecular weight excluding hydrogens is 378 g/mol. The number of rotatable bonds is 6. The highest BCUT2D eigenvalue weighted by Crippen LogP contribution is 2.33. The summed E-state index contributed by atoms with van der Waals surface area (Å²) in [5, 5.41) is 13.6. The molecule has 3 rings (SSSR count). The maximum atomic E-state index is 12.6. The lowest BCUT2D eigenvalue weighted by Gasteiger charge is -2.29. The molecule has 0 saturated carbocycles. The van der Waals surface area contributed by atoms with Crippen LogP contribution in [0.3, 0.4) is 0 Å². The fraction of sp³-hybridized carbons (Fsp3) is 0.250. The Bertz CT molecular complexity index is 1020. The van der Waals surface area contributed by atoms with Gasteiger partial charge in [-0.25, -0.2) is 0 Å². The largest absolute Gasteiger partial charge is 0.482 e. The van der Waals surface area contributed by atoms with Gasteiger partial charge in [-0.3, -0.25) is 29.4 Å². The zero-order valence-corrected chi connectivity index (χ0v) is 15.9. The quantitative estimate of drug-likeness (QED) is 0.455. The van der Waals surface area contributed by atoms with Crippen molar-refractivity contribution in [1.82, 2.24) is 0 Å². The van der Waals surface area contributed by atoms with Gasteiger partial charge in [-0.1, -0.05) is 13.0 Å². The van der Waals surface area contributed by atoms with Crippen molar-refractivity contribution in [2.45, 2.75) is 20.3 Å². The summed E-state index contributed by atoms with van der Waals surface area (Å²) < 4.78 is 5.39. The van der Waals surface area contributed by atoms with E-state index in [1.165, 1.54) is 29.2 Å². The van der Waals surface area contributed by atoms with E-state index in [2.05, 4.69) is 5.32 Å². The molecule has 2 amide bonds. The third-order valence-electron chi connectivity index (χ3n) is 4.55. The van der Waals surface area contributed by atoms with E-state index in [4.69, 9.17) is 4.74 Å². The lowest BCUT2D eigenvalue weighted by Crippen LogP contribution is -2.43. The summed E-state index contributed by atoms with van der Waals surface area (Å²) >= 11 is 0. The third-order valence-corrected chi connectivity index (χ3v) is 4.55. The highest BCUT2D eigenvalue weighted by Gasteiger charge is 2.28. The SMILES string of the molecule is CCC(=O)c1ccc2c(c1)N(CC(=O)Nc1cc([N+](=O)[O-])ccc1C)C(=O)CO2. The first-order valence-corrected chi connectivity index (χ1v) is 8.95. The molecular formula is C20H19N3O6. The van der Waals surface area contributed by atoms with Gasteiger partial charge in [-0.2, -0.15) is 0 Å².